The van der Waals surface area contributed by atoms with Gasteiger partial charge < -0.3 is 9.97 Å². The minimum absolute atomic E-state index is 0.597. The minimum atomic E-state index is 0.597. The van der Waals surface area contributed by atoms with Crippen LogP contribution < -0.4 is 0 Å². The fourth-order valence-corrected chi connectivity index (χ4v) is 5.59. The molecule has 2 aliphatic rings. The van der Waals surface area contributed by atoms with Gasteiger partial charge in [-0.1, -0.05) is 97.1 Å². The smallest absolute Gasteiger partial charge is 0.164 e. The fourth-order valence-electron chi connectivity index (χ4n) is 5.59. The quantitative estimate of drug-likeness (QED) is 0.166. The van der Waals surface area contributed by atoms with Crippen molar-refractivity contribution < 1.29 is 17.6 Å². The van der Waals surface area contributed by atoms with Crippen LogP contribution >= 0.6 is 9.64 Å². The summed E-state index contributed by atoms with van der Waals surface area (Å²) in [5.41, 5.74) is 6.45. The Morgan fingerprint density at radius 3 is 0.857 bits per heavy atom. The van der Waals surface area contributed by atoms with Gasteiger partial charge in [0.25, 0.3) is 0 Å². The standard InChI is InChI=1S/C32H18N8.ClH.Os/c1-2-10-18-17(9-1)25-33-26(18)38-28-21-13-5-6-14-22(21)30(35-28)40-32-24-16-8-7-15-23(24)31(36-32)39-29-20-12-4-3-11-19(20)27(34-29)37-25;;/h1-16H,(H2,33,34,35,36,37,38,39,40);1H;/q;;+1/p-1. The normalized spacial score (nSPS) is 11.6. The SMILES string of the molecule is [Cl][Os].c1ccc2c(c1)-c1nc-2nc2[nH]c(nc3nc(nc4[nH]c(n1)c1ccccc41)-c1ccccc1-3)c1ccccc21. The Morgan fingerprint density at radius 2 is 0.595 bits per heavy atom. The number of fused-ring (bicyclic) bond motifs is 20. The summed E-state index contributed by atoms with van der Waals surface area (Å²) in [6.45, 7) is 0. The molecule has 0 unspecified atom stereocenters. The van der Waals surface area contributed by atoms with Crippen LogP contribution in [-0.2, 0) is 17.6 Å². The number of halogens is 1. The van der Waals surface area contributed by atoms with Gasteiger partial charge >= 0.3 is 27.2 Å². The van der Waals surface area contributed by atoms with Crippen LogP contribution in [0.4, 0.5) is 0 Å². The molecule has 0 radical (unpaired) electrons. The topological polar surface area (TPSA) is 109 Å². The van der Waals surface area contributed by atoms with Crippen molar-refractivity contribution in [1.29, 1.82) is 0 Å². The molecule has 8 nitrogen and oxygen atoms in total. The predicted octanol–water partition coefficient (Wildman–Crippen LogP) is 7.56. The second-order valence-corrected chi connectivity index (χ2v) is 9.79. The third kappa shape index (κ3) is 3.86. The first-order valence-corrected chi connectivity index (χ1v) is 16.3. The monoisotopic (exact) mass is 741 g/mol. The maximum Gasteiger partial charge on any atom is 0.164 e. The molecular formula is C32H18ClN8Os. The summed E-state index contributed by atoms with van der Waals surface area (Å²) in [5, 5.41) is 3.82. The van der Waals surface area contributed by atoms with Gasteiger partial charge in [0.1, 0.15) is 22.6 Å². The van der Waals surface area contributed by atoms with Crippen LogP contribution in [0, 0.1) is 0 Å². The predicted molar refractivity (Wildman–Crippen MR) is 162 cm³/mol. The van der Waals surface area contributed by atoms with Crippen molar-refractivity contribution >= 4 is 53.8 Å². The second-order valence-electron chi connectivity index (χ2n) is 9.79. The summed E-state index contributed by atoms with van der Waals surface area (Å²) in [7, 11) is 4.67. The average molecular weight is 740 g/mol. The Labute approximate surface area is 252 Å². The van der Waals surface area contributed by atoms with E-state index in [2.05, 4.69) is 19.6 Å². The molecule has 0 spiro atoms. The van der Waals surface area contributed by atoms with Crippen LogP contribution in [0.25, 0.3) is 89.7 Å². The largest absolute Gasteiger partial charge is 0.324 e. The van der Waals surface area contributed by atoms with Gasteiger partial charge in [-0.2, -0.15) is 0 Å². The van der Waals surface area contributed by atoms with Crippen molar-refractivity contribution in [3.8, 4) is 45.6 Å². The van der Waals surface area contributed by atoms with Gasteiger partial charge in [0.15, 0.2) is 23.3 Å². The van der Waals surface area contributed by atoms with Crippen molar-refractivity contribution in [2.24, 2.45) is 0 Å². The third-order valence-corrected chi connectivity index (χ3v) is 7.46. The van der Waals surface area contributed by atoms with Crippen LogP contribution in [0.1, 0.15) is 0 Å². The van der Waals surface area contributed by atoms with E-state index in [0.717, 1.165) is 43.8 Å². The molecule has 7 aromatic rings. The van der Waals surface area contributed by atoms with Crippen LogP contribution in [0.15, 0.2) is 97.1 Å². The maximum atomic E-state index is 5.02. The Kier molecular flexibility index (Phi) is 5.88. The molecule has 5 heterocycles. The fraction of sp³-hybridized carbons (Fsp3) is 0. The molecule has 4 aromatic carbocycles. The molecule has 201 valence electrons. The minimum Gasteiger partial charge on any atom is -0.324 e. The number of H-pyrrole nitrogens is 2. The van der Waals surface area contributed by atoms with Gasteiger partial charge in [0.2, 0.25) is 0 Å². The first-order chi connectivity index (χ1) is 20.8. The van der Waals surface area contributed by atoms with E-state index in [9.17, 15) is 0 Å². The number of benzene rings is 4. The Bertz CT molecular complexity index is 2040. The summed E-state index contributed by atoms with van der Waals surface area (Å²) >= 11 is 1.33. The number of nitrogens with zero attached hydrogens (tertiary/aromatic N) is 6. The van der Waals surface area contributed by atoms with Crippen molar-refractivity contribution in [3.63, 3.8) is 0 Å². The van der Waals surface area contributed by atoms with E-state index in [0.29, 0.717) is 45.9 Å². The zero-order valence-electron chi connectivity index (χ0n) is 21.7. The summed E-state index contributed by atoms with van der Waals surface area (Å²) in [6, 6.07) is 32.2. The number of hydrogen-bond donors (Lipinski definition) is 2. The molecule has 8 bridgehead atoms. The first-order valence-electron chi connectivity index (χ1n) is 13.1. The van der Waals surface area contributed by atoms with E-state index < -0.39 is 0 Å². The van der Waals surface area contributed by atoms with E-state index in [4.69, 9.17) is 29.9 Å². The molecule has 2 aliphatic heterocycles. The number of nitrogens with one attached hydrogen (secondary N) is 2. The molecule has 0 amide bonds. The molecule has 42 heavy (non-hydrogen) atoms. The number of rotatable bonds is 0. The van der Waals surface area contributed by atoms with E-state index in [1.54, 1.807) is 0 Å². The zero-order chi connectivity index (χ0) is 28.2. The zero-order valence-corrected chi connectivity index (χ0v) is 24.9. The molecule has 0 atom stereocenters. The molecule has 0 fully saturated rings. The van der Waals surface area contributed by atoms with E-state index in [1.165, 1.54) is 17.6 Å². The van der Waals surface area contributed by atoms with Crippen LogP contribution in [0.5, 0.6) is 0 Å². The van der Waals surface area contributed by atoms with Gasteiger partial charge in [-0.3, -0.25) is 0 Å². The van der Waals surface area contributed by atoms with Gasteiger partial charge in [-0.15, -0.1) is 0 Å². The summed E-state index contributed by atoms with van der Waals surface area (Å²) in [6.07, 6.45) is 0. The molecule has 0 aliphatic carbocycles. The maximum absolute atomic E-state index is 5.02. The number of aromatic amines is 2. The van der Waals surface area contributed by atoms with Crippen molar-refractivity contribution in [2.45, 2.75) is 0 Å². The molecular weight excluding hydrogens is 722 g/mol. The Balaban J connectivity index is 0.00000131. The van der Waals surface area contributed by atoms with E-state index >= 15 is 0 Å². The van der Waals surface area contributed by atoms with Gasteiger partial charge in [-0.25, -0.2) is 29.9 Å². The summed E-state index contributed by atoms with van der Waals surface area (Å²) in [5.74, 6) is 2.39. The van der Waals surface area contributed by atoms with Gasteiger partial charge in [0, 0.05) is 43.8 Å². The van der Waals surface area contributed by atoms with Crippen molar-refractivity contribution in [1.82, 2.24) is 39.9 Å². The van der Waals surface area contributed by atoms with Crippen molar-refractivity contribution in [3.05, 3.63) is 97.1 Å². The summed E-state index contributed by atoms with van der Waals surface area (Å²) < 4.78 is 0. The van der Waals surface area contributed by atoms with E-state index in [1.807, 2.05) is 97.1 Å². The second kappa shape index (κ2) is 9.91. The van der Waals surface area contributed by atoms with Crippen molar-refractivity contribution in [2.75, 3.05) is 0 Å². The average Bonchev–Trinajstić information content (AvgIpc) is 3.78. The molecule has 2 N–H and O–H groups in total. The molecule has 0 saturated carbocycles. The molecule has 9 rings (SSSR count). The number of aromatic nitrogens is 8. The third-order valence-electron chi connectivity index (χ3n) is 7.46. The molecule has 3 aromatic heterocycles. The summed E-state index contributed by atoms with van der Waals surface area (Å²) in [4.78, 5) is 36.8. The Morgan fingerprint density at radius 1 is 0.357 bits per heavy atom. The first kappa shape index (κ1) is 24.9. The Hall–Kier alpha value is -4.83. The van der Waals surface area contributed by atoms with Crippen LogP contribution in [-0.4, -0.2) is 39.9 Å². The number of hydrogen-bond acceptors (Lipinski definition) is 6. The van der Waals surface area contributed by atoms with Crippen LogP contribution in [0.3, 0.4) is 0 Å². The van der Waals surface area contributed by atoms with E-state index in [-0.39, 0.29) is 0 Å². The van der Waals surface area contributed by atoms with Gasteiger partial charge in [0.05, 0.1) is 0 Å². The molecule has 0 saturated heterocycles. The van der Waals surface area contributed by atoms with Crippen LogP contribution in [0.2, 0.25) is 0 Å². The molecule has 10 heteroatoms. The van der Waals surface area contributed by atoms with Gasteiger partial charge in [-0.05, 0) is 0 Å².